The number of rotatable bonds is 2. The molecule has 1 aliphatic heterocycles. The lowest BCUT2D eigenvalue weighted by molar-refractivity contribution is -0.140. The van der Waals surface area contributed by atoms with E-state index < -0.39 is 0 Å². The van der Waals surface area contributed by atoms with Crippen LogP contribution >= 0.6 is 0 Å². The Labute approximate surface area is 155 Å². The van der Waals surface area contributed by atoms with Crippen LogP contribution in [0.2, 0.25) is 0 Å². The van der Waals surface area contributed by atoms with Crippen molar-refractivity contribution in [1.82, 2.24) is 9.80 Å². The van der Waals surface area contributed by atoms with Crippen molar-refractivity contribution >= 4 is 11.8 Å². The second kappa shape index (κ2) is 7.39. The van der Waals surface area contributed by atoms with Gasteiger partial charge in [-0.1, -0.05) is 24.6 Å². The first-order valence-electron chi connectivity index (χ1n) is 10.0. The number of nitrogens with two attached hydrogens (primary N) is 1. The molecule has 0 spiro atoms. The first-order valence-corrected chi connectivity index (χ1v) is 10.0. The molecule has 2 atom stereocenters. The van der Waals surface area contributed by atoms with Gasteiger partial charge in [-0.15, -0.1) is 0 Å². The summed E-state index contributed by atoms with van der Waals surface area (Å²) in [5, 5.41) is 0. The van der Waals surface area contributed by atoms with Crippen molar-refractivity contribution in [3.05, 3.63) is 35.9 Å². The minimum absolute atomic E-state index is 0.0656. The molecule has 1 saturated heterocycles. The van der Waals surface area contributed by atoms with E-state index in [0.29, 0.717) is 50.0 Å². The topological polar surface area (TPSA) is 66.6 Å². The van der Waals surface area contributed by atoms with E-state index in [1.165, 1.54) is 19.3 Å². The zero-order chi connectivity index (χ0) is 18.1. The third-order valence-corrected chi connectivity index (χ3v) is 6.66. The molecule has 2 bridgehead atoms. The summed E-state index contributed by atoms with van der Waals surface area (Å²) in [7, 11) is 0. The van der Waals surface area contributed by atoms with Gasteiger partial charge in [-0.05, 0) is 49.7 Å². The maximum atomic E-state index is 13.0. The average Bonchev–Trinajstić information content (AvgIpc) is 2.67. The van der Waals surface area contributed by atoms with Crippen LogP contribution in [0.1, 0.15) is 42.5 Å². The van der Waals surface area contributed by atoms with E-state index in [0.717, 1.165) is 18.4 Å². The largest absolute Gasteiger partial charge is 0.339 e. The van der Waals surface area contributed by atoms with Crippen LogP contribution in [-0.4, -0.2) is 53.8 Å². The van der Waals surface area contributed by atoms with E-state index in [2.05, 4.69) is 0 Å². The predicted octanol–water partition coefficient (Wildman–Crippen LogP) is 2.12. The second-order valence-corrected chi connectivity index (χ2v) is 8.18. The Kier molecular flexibility index (Phi) is 4.98. The highest BCUT2D eigenvalue weighted by atomic mass is 16.2. The number of benzene rings is 1. The molecule has 5 heteroatoms. The number of nitrogens with zero attached hydrogens (tertiary/aromatic N) is 2. The highest BCUT2D eigenvalue weighted by Gasteiger charge is 2.42. The number of hydrogen-bond acceptors (Lipinski definition) is 3. The predicted molar refractivity (Wildman–Crippen MR) is 100 cm³/mol. The van der Waals surface area contributed by atoms with Crippen molar-refractivity contribution in [2.75, 3.05) is 26.2 Å². The molecule has 26 heavy (non-hydrogen) atoms. The van der Waals surface area contributed by atoms with Gasteiger partial charge in [0.05, 0.1) is 0 Å². The number of carbonyl (C=O) groups is 2. The Balaban J connectivity index is 1.33. The standard InChI is InChI=1S/C21H29N3O2/c22-19-16-7-4-8-17(19)14-18(13-16)21(26)24-11-9-23(10-12-24)20(25)15-5-2-1-3-6-15/h1-3,5-6,16-19H,4,7-14,22H2. The summed E-state index contributed by atoms with van der Waals surface area (Å²) in [6.07, 6.45) is 5.55. The van der Waals surface area contributed by atoms with Crippen molar-refractivity contribution in [3.8, 4) is 0 Å². The monoisotopic (exact) mass is 355 g/mol. The molecule has 1 heterocycles. The Morgan fingerprint density at radius 3 is 2.08 bits per heavy atom. The van der Waals surface area contributed by atoms with E-state index in [9.17, 15) is 9.59 Å². The van der Waals surface area contributed by atoms with Crippen LogP contribution in [0.3, 0.4) is 0 Å². The molecule has 2 N–H and O–H groups in total. The molecule has 4 rings (SSSR count). The molecule has 140 valence electrons. The number of piperazine rings is 1. The van der Waals surface area contributed by atoms with Gasteiger partial charge in [-0.25, -0.2) is 0 Å². The molecule has 2 unspecified atom stereocenters. The van der Waals surface area contributed by atoms with Gasteiger partial charge in [-0.3, -0.25) is 9.59 Å². The van der Waals surface area contributed by atoms with E-state index in [1.54, 1.807) is 0 Å². The molecule has 2 amide bonds. The van der Waals surface area contributed by atoms with Gasteiger partial charge in [0.25, 0.3) is 5.91 Å². The quantitative estimate of drug-likeness (QED) is 0.884. The Hall–Kier alpha value is -1.88. The van der Waals surface area contributed by atoms with Crippen LogP contribution in [-0.2, 0) is 4.79 Å². The lowest BCUT2D eigenvalue weighted by Gasteiger charge is -2.45. The lowest BCUT2D eigenvalue weighted by Crippen LogP contribution is -2.54. The first-order chi connectivity index (χ1) is 12.6. The van der Waals surface area contributed by atoms with E-state index in [1.807, 2.05) is 40.1 Å². The molecule has 1 aromatic carbocycles. The molecule has 0 radical (unpaired) electrons. The van der Waals surface area contributed by atoms with Crippen LogP contribution in [0.5, 0.6) is 0 Å². The number of fused-ring (bicyclic) bond motifs is 2. The molecule has 1 aromatic rings. The van der Waals surface area contributed by atoms with Gasteiger partial charge in [0.15, 0.2) is 0 Å². The normalized spacial score (nSPS) is 31.6. The Morgan fingerprint density at radius 2 is 1.46 bits per heavy atom. The summed E-state index contributed by atoms with van der Waals surface area (Å²) in [5.74, 6) is 1.55. The number of carbonyl (C=O) groups excluding carboxylic acids is 2. The van der Waals surface area contributed by atoms with Gasteiger partial charge in [-0.2, -0.15) is 0 Å². The van der Waals surface area contributed by atoms with Crippen molar-refractivity contribution in [1.29, 1.82) is 0 Å². The summed E-state index contributed by atoms with van der Waals surface area (Å²) in [6, 6.07) is 9.69. The van der Waals surface area contributed by atoms with E-state index >= 15 is 0 Å². The van der Waals surface area contributed by atoms with Crippen LogP contribution in [0.4, 0.5) is 0 Å². The van der Waals surface area contributed by atoms with Crippen LogP contribution in [0.15, 0.2) is 30.3 Å². The number of amides is 2. The van der Waals surface area contributed by atoms with Crippen molar-refractivity contribution in [2.45, 2.75) is 38.1 Å². The fourth-order valence-corrected chi connectivity index (χ4v) is 5.14. The van der Waals surface area contributed by atoms with Gasteiger partial charge in [0.1, 0.15) is 0 Å². The maximum absolute atomic E-state index is 13.0. The molecule has 2 saturated carbocycles. The molecule has 0 aromatic heterocycles. The van der Waals surface area contributed by atoms with Crippen molar-refractivity contribution < 1.29 is 9.59 Å². The third kappa shape index (κ3) is 3.37. The summed E-state index contributed by atoms with van der Waals surface area (Å²) in [5.41, 5.74) is 7.09. The molecule has 2 aliphatic carbocycles. The second-order valence-electron chi connectivity index (χ2n) is 8.18. The smallest absolute Gasteiger partial charge is 0.253 e. The van der Waals surface area contributed by atoms with Crippen LogP contribution in [0, 0.1) is 17.8 Å². The average molecular weight is 355 g/mol. The summed E-state index contributed by atoms with van der Waals surface area (Å²) >= 11 is 0. The summed E-state index contributed by atoms with van der Waals surface area (Å²) in [4.78, 5) is 29.4. The highest BCUT2D eigenvalue weighted by Crippen LogP contribution is 2.42. The minimum atomic E-state index is 0.0656. The van der Waals surface area contributed by atoms with Gasteiger partial charge in [0.2, 0.25) is 5.91 Å². The minimum Gasteiger partial charge on any atom is -0.339 e. The molecular formula is C21H29N3O2. The van der Waals surface area contributed by atoms with Crippen LogP contribution in [0.25, 0.3) is 0 Å². The summed E-state index contributed by atoms with van der Waals surface area (Å²) in [6.45, 7) is 2.54. The maximum Gasteiger partial charge on any atom is 0.253 e. The Bertz CT molecular complexity index is 640. The lowest BCUT2D eigenvalue weighted by atomic mass is 9.65. The molecule has 3 aliphatic rings. The van der Waals surface area contributed by atoms with E-state index in [-0.39, 0.29) is 11.8 Å². The molecule has 3 fully saturated rings. The van der Waals surface area contributed by atoms with Crippen LogP contribution < -0.4 is 5.73 Å². The fourth-order valence-electron chi connectivity index (χ4n) is 5.14. The van der Waals surface area contributed by atoms with Gasteiger partial charge in [0, 0.05) is 43.7 Å². The van der Waals surface area contributed by atoms with Crippen molar-refractivity contribution in [2.24, 2.45) is 23.5 Å². The SMILES string of the molecule is NC1C2CCCC1CC(C(=O)N1CCN(C(=O)c3ccccc3)CC1)C2. The highest BCUT2D eigenvalue weighted by molar-refractivity contribution is 5.94. The first kappa shape index (κ1) is 17.5. The molecule has 5 nitrogen and oxygen atoms in total. The van der Waals surface area contributed by atoms with Gasteiger partial charge >= 0.3 is 0 Å². The third-order valence-electron chi connectivity index (χ3n) is 6.66. The van der Waals surface area contributed by atoms with E-state index in [4.69, 9.17) is 5.73 Å². The summed E-state index contributed by atoms with van der Waals surface area (Å²) < 4.78 is 0. The Morgan fingerprint density at radius 1 is 0.885 bits per heavy atom. The number of hydrogen-bond donors (Lipinski definition) is 1. The zero-order valence-corrected chi connectivity index (χ0v) is 15.3. The van der Waals surface area contributed by atoms with Gasteiger partial charge < -0.3 is 15.5 Å². The fraction of sp³-hybridized carbons (Fsp3) is 0.619. The zero-order valence-electron chi connectivity index (χ0n) is 15.3. The van der Waals surface area contributed by atoms with Crippen molar-refractivity contribution in [3.63, 3.8) is 0 Å². The molecular weight excluding hydrogens is 326 g/mol.